The zero-order valence-electron chi connectivity index (χ0n) is 17.9. The first kappa shape index (κ1) is 20.3. The number of likely N-dealkylation sites (N-methyl/N-ethyl adjacent to an activating group) is 1. The number of aromatic amines is 2. The fourth-order valence-electron chi connectivity index (χ4n) is 4.51. The Bertz CT molecular complexity index is 1100. The Labute approximate surface area is 177 Å². The predicted octanol–water partition coefficient (Wildman–Crippen LogP) is 3.96. The normalized spacial score (nSPS) is 13.5. The molecule has 4 N–H and O–H groups in total. The van der Waals surface area contributed by atoms with E-state index in [-0.39, 0.29) is 11.8 Å². The standard InChI is InChI=1S/C24H30N4O2/c1-4-28(5-2)14-13-25-23(29)20-15(3)26-22-17(20)10-8-11-18(22)21-16-9-6-7-12-19(16)27-24(21)30/h6-7,9,11-12,26-27,30H,4-5,8,10,13-14H2,1-3H3,(H,25,29). The van der Waals surface area contributed by atoms with Gasteiger partial charge in [0.25, 0.3) is 5.91 Å². The first-order valence-electron chi connectivity index (χ1n) is 10.8. The molecule has 1 aliphatic carbocycles. The van der Waals surface area contributed by atoms with Gasteiger partial charge >= 0.3 is 0 Å². The summed E-state index contributed by atoms with van der Waals surface area (Å²) in [4.78, 5) is 21.8. The van der Waals surface area contributed by atoms with Crippen LogP contribution in [-0.4, -0.2) is 52.1 Å². The number of benzene rings is 1. The molecule has 1 amide bonds. The van der Waals surface area contributed by atoms with E-state index in [0.717, 1.165) is 77.0 Å². The second kappa shape index (κ2) is 8.40. The van der Waals surface area contributed by atoms with Crippen LogP contribution in [0.15, 0.2) is 30.3 Å². The van der Waals surface area contributed by atoms with Crippen LogP contribution in [0.5, 0.6) is 5.88 Å². The van der Waals surface area contributed by atoms with Crippen molar-refractivity contribution in [3.8, 4) is 5.88 Å². The molecule has 0 spiro atoms. The number of carbonyl (C=O) groups is 1. The van der Waals surface area contributed by atoms with Gasteiger partial charge in [0.2, 0.25) is 0 Å². The lowest BCUT2D eigenvalue weighted by atomic mass is 9.89. The van der Waals surface area contributed by atoms with Gasteiger partial charge in [-0.15, -0.1) is 0 Å². The number of amides is 1. The second-order valence-corrected chi connectivity index (χ2v) is 7.81. The molecule has 0 unspecified atom stereocenters. The van der Waals surface area contributed by atoms with Crippen molar-refractivity contribution in [3.63, 3.8) is 0 Å². The molecule has 1 aromatic carbocycles. The van der Waals surface area contributed by atoms with Gasteiger partial charge in [0.15, 0.2) is 5.88 Å². The van der Waals surface area contributed by atoms with Crippen LogP contribution in [-0.2, 0) is 6.42 Å². The molecule has 1 aliphatic rings. The van der Waals surface area contributed by atoms with E-state index in [1.54, 1.807) is 0 Å². The molecule has 4 rings (SSSR count). The Hall–Kier alpha value is -2.99. The van der Waals surface area contributed by atoms with E-state index in [1.165, 1.54) is 0 Å². The summed E-state index contributed by atoms with van der Waals surface area (Å²) in [5.41, 5.74) is 6.23. The zero-order chi connectivity index (χ0) is 21.3. The van der Waals surface area contributed by atoms with Crippen LogP contribution in [0.4, 0.5) is 0 Å². The zero-order valence-corrected chi connectivity index (χ0v) is 17.9. The fourth-order valence-corrected chi connectivity index (χ4v) is 4.51. The number of aromatic hydroxyl groups is 1. The number of rotatable bonds is 7. The SMILES string of the molecule is CCN(CC)CCNC(=O)c1c(C)[nH]c2c1CCC=C2c1c(O)[nH]c2ccccc12. The maximum Gasteiger partial charge on any atom is 0.253 e. The topological polar surface area (TPSA) is 84.2 Å². The van der Waals surface area contributed by atoms with Gasteiger partial charge in [0.05, 0.1) is 16.8 Å². The first-order chi connectivity index (χ1) is 14.5. The third kappa shape index (κ3) is 3.52. The Morgan fingerprint density at radius 1 is 1.20 bits per heavy atom. The highest BCUT2D eigenvalue weighted by Gasteiger charge is 2.27. The van der Waals surface area contributed by atoms with Gasteiger partial charge in [0.1, 0.15) is 0 Å². The molecule has 2 heterocycles. The third-order valence-corrected chi connectivity index (χ3v) is 6.09. The van der Waals surface area contributed by atoms with E-state index in [9.17, 15) is 9.90 Å². The van der Waals surface area contributed by atoms with Crippen molar-refractivity contribution in [3.05, 3.63) is 58.4 Å². The van der Waals surface area contributed by atoms with Crippen LogP contribution in [0, 0.1) is 6.92 Å². The minimum absolute atomic E-state index is 0.0263. The monoisotopic (exact) mass is 406 g/mol. The van der Waals surface area contributed by atoms with E-state index in [0.29, 0.717) is 6.54 Å². The lowest BCUT2D eigenvalue weighted by molar-refractivity contribution is 0.0947. The van der Waals surface area contributed by atoms with Gasteiger partial charge in [0, 0.05) is 35.3 Å². The van der Waals surface area contributed by atoms with Crippen molar-refractivity contribution >= 4 is 22.4 Å². The van der Waals surface area contributed by atoms with Crippen LogP contribution in [0.2, 0.25) is 0 Å². The molecule has 6 nitrogen and oxygen atoms in total. The molecule has 0 aliphatic heterocycles. The molecule has 0 atom stereocenters. The van der Waals surface area contributed by atoms with Crippen LogP contribution >= 0.6 is 0 Å². The largest absolute Gasteiger partial charge is 0.494 e. The summed E-state index contributed by atoms with van der Waals surface area (Å²) in [5.74, 6) is 0.134. The summed E-state index contributed by atoms with van der Waals surface area (Å²) in [6, 6.07) is 7.88. The molecule has 0 saturated carbocycles. The average Bonchev–Trinajstić information content (AvgIpc) is 3.26. The third-order valence-electron chi connectivity index (χ3n) is 6.09. The molecule has 0 saturated heterocycles. The molecule has 0 radical (unpaired) electrons. The van der Waals surface area contributed by atoms with Gasteiger partial charge < -0.3 is 25.3 Å². The average molecular weight is 407 g/mol. The lowest BCUT2D eigenvalue weighted by Crippen LogP contribution is -2.35. The number of nitrogens with zero attached hydrogens (tertiary/aromatic N) is 1. The van der Waals surface area contributed by atoms with Crippen molar-refractivity contribution in [2.24, 2.45) is 0 Å². The molecular formula is C24H30N4O2. The Morgan fingerprint density at radius 2 is 1.97 bits per heavy atom. The summed E-state index contributed by atoms with van der Waals surface area (Å²) in [6.07, 6.45) is 3.79. The number of fused-ring (bicyclic) bond motifs is 2. The molecule has 30 heavy (non-hydrogen) atoms. The number of nitrogens with one attached hydrogen (secondary N) is 3. The van der Waals surface area contributed by atoms with Crippen molar-refractivity contribution in [2.75, 3.05) is 26.2 Å². The number of para-hydroxylation sites is 1. The molecule has 2 aromatic heterocycles. The minimum Gasteiger partial charge on any atom is -0.494 e. The highest BCUT2D eigenvalue weighted by Crippen LogP contribution is 2.41. The maximum absolute atomic E-state index is 13.0. The van der Waals surface area contributed by atoms with E-state index in [2.05, 4.69) is 40.1 Å². The van der Waals surface area contributed by atoms with Crippen LogP contribution < -0.4 is 5.32 Å². The minimum atomic E-state index is -0.0263. The quantitative estimate of drug-likeness (QED) is 0.479. The van der Waals surface area contributed by atoms with E-state index >= 15 is 0 Å². The number of aryl methyl sites for hydroxylation is 1. The van der Waals surface area contributed by atoms with E-state index in [4.69, 9.17) is 0 Å². The summed E-state index contributed by atoms with van der Waals surface area (Å²) in [6.45, 7) is 9.65. The molecule has 158 valence electrons. The van der Waals surface area contributed by atoms with Crippen molar-refractivity contribution in [1.82, 2.24) is 20.2 Å². The predicted molar refractivity (Wildman–Crippen MR) is 121 cm³/mol. The van der Waals surface area contributed by atoms with Crippen molar-refractivity contribution in [2.45, 2.75) is 33.6 Å². The van der Waals surface area contributed by atoms with Gasteiger partial charge in [-0.05, 0) is 44.5 Å². The van der Waals surface area contributed by atoms with Crippen molar-refractivity contribution in [1.29, 1.82) is 0 Å². The smallest absolute Gasteiger partial charge is 0.253 e. The fraction of sp³-hybridized carbons (Fsp3) is 0.375. The van der Waals surface area contributed by atoms with Crippen LogP contribution in [0.3, 0.4) is 0 Å². The number of allylic oxidation sites excluding steroid dienone is 1. The van der Waals surface area contributed by atoms with Crippen LogP contribution in [0.25, 0.3) is 16.5 Å². The molecule has 0 bridgehead atoms. The maximum atomic E-state index is 13.0. The Morgan fingerprint density at radius 3 is 2.73 bits per heavy atom. The van der Waals surface area contributed by atoms with Gasteiger partial charge in [-0.2, -0.15) is 0 Å². The number of aromatic nitrogens is 2. The Balaban J connectivity index is 1.65. The van der Waals surface area contributed by atoms with Gasteiger partial charge in [-0.25, -0.2) is 0 Å². The Kier molecular flexibility index (Phi) is 5.68. The number of hydrogen-bond donors (Lipinski definition) is 4. The van der Waals surface area contributed by atoms with Crippen LogP contribution in [0.1, 0.15) is 53.1 Å². The van der Waals surface area contributed by atoms with E-state index in [1.807, 2.05) is 31.2 Å². The summed E-state index contributed by atoms with van der Waals surface area (Å²) >= 11 is 0. The molecule has 6 heteroatoms. The van der Waals surface area contributed by atoms with Crippen molar-refractivity contribution < 1.29 is 9.90 Å². The second-order valence-electron chi connectivity index (χ2n) is 7.81. The van der Waals surface area contributed by atoms with E-state index < -0.39 is 0 Å². The highest BCUT2D eigenvalue weighted by atomic mass is 16.3. The summed E-state index contributed by atoms with van der Waals surface area (Å²) in [7, 11) is 0. The number of hydrogen-bond acceptors (Lipinski definition) is 3. The van der Waals surface area contributed by atoms with Gasteiger partial charge in [-0.3, -0.25) is 4.79 Å². The van der Waals surface area contributed by atoms with Gasteiger partial charge in [-0.1, -0.05) is 38.1 Å². The summed E-state index contributed by atoms with van der Waals surface area (Å²) < 4.78 is 0. The number of H-pyrrole nitrogens is 2. The first-order valence-corrected chi connectivity index (χ1v) is 10.8. The highest BCUT2D eigenvalue weighted by molar-refractivity contribution is 6.03. The molecule has 0 fully saturated rings. The summed E-state index contributed by atoms with van der Waals surface area (Å²) in [5, 5.41) is 14.7. The lowest BCUT2D eigenvalue weighted by Gasteiger charge is -2.18. The number of carbonyl (C=O) groups excluding carboxylic acids is 1. The molecular weight excluding hydrogens is 376 g/mol. The molecule has 3 aromatic rings.